The van der Waals surface area contributed by atoms with Crippen molar-refractivity contribution < 1.29 is 4.79 Å². The van der Waals surface area contributed by atoms with Gasteiger partial charge in [0.2, 0.25) is 0 Å². The van der Waals surface area contributed by atoms with Gasteiger partial charge in [-0.3, -0.25) is 4.79 Å². The van der Waals surface area contributed by atoms with Crippen molar-refractivity contribution in [3.63, 3.8) is 0 Å². The Labute approximate surface area is 148 Å². The first-order chi connectivity index (χ1) is 12.1. The molecule has 1 aliphatic heterocycles. The molecule has 2 heterocycles. The molecule has 0 saturated carbocycles. The van der Waals surface area contributed by atoms with E-state index in [1.165, 1.54) is 5.69 Å². The number of hydrogen-bond acceptors (Lipinski definition) is 5. The van der Waals surface area contributed by atoms with Crippen LogP contribution in [0.15, 0.2) is 42.7 Å². The van der Waals surface area contributed by atoms with E-state index in [2.05, 4.69) is 46.2 Å². The number of amides is 1. The first-order valence-electron chi connectivity index (χ1n) is 8.78. The fraction of sp³-hybridized carbons (Fsp3) is 0.421. The minimum absolute atomic E-state index is 0.0457. The smallest absolute Gasteiger partial charge is 0.274 e. The molecule has 3 rings (SSSR count). The normalized spacial score (nSPS) is 14.7. The molecule has 0 aliphatic carbocycles. The van der Waals surface area contributed by atoms with E-state index in [4.69, 9.17) is 0 Å². The first-order valence-corrected chi connectivity index (χ1v) is 8.78. The molecule has 1 amide bonds. The summed E-state index contributed by atoms with van der Waals surface area (Å²) in [4.78, 5) is 25.3. The van der Waals surface area contributed by atoms with E-state index in [0.29, 0.717) is 30.5 Å². The lowest BCUT2D eigenvalue weighted by atomic mass is 10.2. The zero-order valence-corrected chi connectivity index (χ0v) is 14.9. The van der Waals surface area contributed by atoms with Gasteiger partial charge in [0.1, 0.15) is 11.5 Å². The molecule has 6 nitrogen and oxygen atoms in total. The van der Waals surface area contributed by atoms with Crippen LogP contribution in [0.4, 0.5) is 11.5 Å². The maximum absolute atomic E-state index is 12.6. The number of para-hydroxylation sites is 1. The maximum Gasteiger partial charge on any atom is 0.274 e. The lowest BCUT2D eigenvalue weighted by Crippen LogP contribution is -2.49. The molecular formula is C19H25N5O. The van der Waals surface area contributed by atoms with Crippen LogP contribution in [0.2, 0.25) is 0 Å². The Bertz CT molecular complexity index is 679. The number of nitrogens with one attached hydrogen (secondary N) is 1. The molecule has 0 bridgehead atoms. The van der Waals surface area contributed by atoms with Gasteiger partial charge in [-0.05, 0) is 18.1 Å². The molecule has 1 aromatic carbocycles. The van der Waals surface area contributed by atoms with Gasteiger partial charge in [0.15, 0.2) is 0 Å². The molecule has 0 radical (unpaired) electrons. The first kappa shape index (κ1) is 17.2. The monoisotopic (exact) mass is 339 g/mol. The molecule has 0 atom stereocenters. The Hall–Kier alpha value is -2.63. The van der Waals surface area contributed by atoms with Crippen molar-refractivity contribution >= 4 is 17.4 Å². The van der Waals surface area contributed by atoms with Crippen molar-refractivity contribution in [2.45, 2.75) is 13.8 Å². The van der Waals surface area contributed by atoms with Crippen molar-refractivity contribution in [2.75, 3.05) is 42.9 Å². The summed E-state index contributed by atoms with van der Waals surface area (Å²) >= 11 is 0. The highest BCUT2D eigenvalue weighted by Gasteiger charge is 2.23. The maximum atomic E-state index is 12.6. The molecule has 1 N–H and O–H groups in total. The van der Waals surface area contributed by atoms with Gasteiger partial charge >= 0.3 is 0 Å². The summed E-state index contributed by atoms with van der Waals surface area (Å²) in [5.74, 6) is 1.19. The van der Waals surface area contributed by atoms with Gasteiger partial charge in [0, 0.05) is 38.4 Å². The van der Waals surface area contributed by atoms with E-state index < -0.39 is 0 Å². The molecule has 132 valence electrons. The van der Waals surface area contributed by atoms with Gasteiger partial charge in [0.05, 0.1) is 12.4 Å². The average Bonchev–Trinajstić information content (AvgIpc) is 2.67. The van der Waals surface area contributed by atoms with Crippen molar-refractivity contribution in [2.24, 2.45) is 5.92 Å². The summed E-state index contributed by atoms with van der Waals surface area (Å²) in [7, 11) is 0. The quantitative estimate of drug-likeness (QED) is 0.907. The Kier molecular flexibility index (Phi) is 5.48. The summed E-state index contributed by atoms with van der Waals surface area (Å²) in [6, 6.07) is 10.3. The zero-order chi connectivity index (χ0) is 17.6. The highest BCUT2D eigenvalue weighted by molar-refractivity contribution is 5.92. The Morgan fingerprint density at radius 2 is 1.80 bits per heavy atom. The lowest BCUT2D eigenvalue weighted by Gasteiger charge is -2.35. The minimum Gasteiger partial charge on any atom is -0.369 e. The third-order valence-corrected chi connectivity index (χ3v) is 4.25. The predicted octanol–water partition coefficient (Wildman–Crippen LogP) is 2.51. The van der Waals surface area contributed by atoms with Crippen molar-refractivity contribution in [3.05, 3.63) is 48.4 Å². The molecular weight excluding hydrogens is 314 g/mol. The van der Waals surface area contributed by atoms with Crippen LogP contribution in [-0.4, -0.2) is 53.5 Å². The van der Waals surface area contributed by atoms with Crippen LogP contribution in [0.1, 0.15) is 24.3 Å². The molecule has 1 aliphatic rings. The van der Waals surface area contributed by atoms with Gasteiger partial charge < -0.3 is 15.1 Å². The lowest BCUT2D eigenvalue weighted by molar-refractivity contribution is 0.0740. The standard InChI is InChI=1S/C19H25N5O/c1-15(2)12-21-18-14-20-17(13-22-18)19(25)24-10-8-23(9-11-24)16-6-4-3-5-7-16/h3-7,13-15H,8-12H2,1-2H3,(H,21,22). The van der Waals surface area contributed by atoms with E-state index in [1.807, 2.05) is 23.1 Å². The van der Waals surface area contributed by atoms with Crippen LogP contribution in [0.5, 0.6) is 0 Å². The summed E-state index contributed by atoms with van der Waals surface area (Å²) in [6.45, 7) is 8.16. The molecule has 1 saturated heterocycles. The summed E-state index contributed by atoms with van der Waals surface area (Å²) < 4.78 is 0. The second kappa shape index (κ2) is 7.96. The van der Waals surface area contributed by atoms with E-state index in [1.54, 1.807) is 12.4 Å². The van der Waals surface area contributed by atoms with Crippen molar-refractivity contribution in [1.82, 2.24) is 14.9 Å². The molecule has 0 spiro atoms. The summed E-state index contributed by atoms with van der Waals surface area (Å²) in [6.07, 6.45) is 3.20. The number of aromatic nitrogens is 2. The average molecular weight is 339 g/mol. The van der Waals surface area contributed by atoms with Gasteiger partial charge in [-0.15, -0.1) is 0 Å². The zero-order valence-electron chi connectivity index (χ0n) is 14.9. The third-order valence-electron chi connectivity index (χ3n) is 4.25. The number of benzene rings is 1. The number of nitrogens with zero attached hydrogens (tertiary/aromatic N) is 4. The fourth-order valence-corrected chi connectivity index (χ4v) is 2.81. The third kappa shape index (κ3) is 4.47. The van der Waals surface area contributed by atoms with Crippen LogP contribution in [0, 0.1) is 5.92 Å². The van der Waals surface area contributed by atoms with Crippen LogP contribution in [0.3, 0.4) is 0 Å². The number of piperazine rings is 1. The largest absolute Gasteiger partial charge is 0.369 e. The van der Waals surface area contributed by atoms with Crippen LogP contribution >= 0.6 is 0 Å². The number of hydrogen-bond donors (Lipinski definition) is 1. The van der Waals surface area contributed by atoms with Gasteiger partial charge in [-0.2, -0.15) is 0 Å². The molecule has 6 heteroatoms. The minimum atomic E-state index is -0.0457. The van der Waals surface area contributed by atoms with Gasteiger partial charge in [0.25, 0.3) is 5.91 Å². The molecule has 1 aromatic heterocycles. The molecule has 0 unspecified atom stereocenters. The summed E-state index contributed by atoms with van der Waals surface area (Å²) in [5.41, 5.74) is 1.61. The highest BCUT2D eigenvalue weighted by Crippen LogP contribution is 2.16. The van der Waals surface area contributed by atoms with Crippen molar-refractivity contribution in [3.8, 4) is 0 Å². The Balaban J connectivity index is 1.55. The van der Waals surface area contributed by atoms with E-state index in [0.717, 1.165) is 19.6 Å². The van der Waals surface area contributed by atoms with Crippen LogP contribution < -0.4 is 10.2 Å². The second-order valence-electron chi connectivity index (χ2n) is 6.68. The molecule has 25 heavy (non-hydrogen) atoms. The SMILES string of the molecule is CC(C)CNc1cnc(C(=O)N2CCN(c3ccccc3)CC2)cn1. The number of rotatable bonds is 5. The van der Waals surface area contributed by atoms with Gasteiger partial charge in [-0.25, -0.2) is 9.97 Å². The van der Waals surface area contributed by atoms with E-state index >= 15 is 0 Å². The van der Waals surface area contributed by atoms with Crippen molar-refractivity contribution in [1.29, 1.82) is 0 Å². The fourth-order valence-electron chi connectivity index (χ4n) is 2.81. The number of carbonyl (C=O) groups excluding carboxylic acids is 1. The molecule has 1 fully saturated rings. The summed E-state index contributed by atoms with van der Waals surface area (Å²) in [5, 5.41) is 3.21. The number of carbonyl (C=O) groups is 1. The second-order valence-corrected chi connectivity index (χ2v) is 6.68. The Morgan fingerprint density at radius 3 is 2.40 bits per heavy atom. The van der Waals surface area contributed by atoms with E-state index in [9.17, 15) is 4.79 Å². The number of anilines is 2. The molecule has 2 aromatic rings. The Morgan fingerprint density at radius 1 is 1.08 bits per heavy atom. The van der Waals surface area contributed by atoms with E-state index in [-0.39, 0.29) is 5.91 Å². The van der Waals surface area contributed by atoms with Gasteiger partial charge in [-0.1, -0.05) is 32.0 Å². The van der Waals surface area contributed by atoms with Crippen LogP contribution in [0.25, 0.3) is 0 Å². The predicted molar refractivity (Wildman–Crippen MR) is 99.9 cm³/mol. The van der Waals surface area contributed by atoms with Crippen LogP contribution in [-0.2, 0) is 0 Å². The topological polar surface area (TPSA) is 61.4 Å². The highest BCUT2D eigenvalue weighted by atomic mass is 16.2.